The van der Waals surface area contributed by atoms with E-state index in [0.717, 1.165) is 30.3 Å². The topological polar surface area (TPSA) is 9.23 Å². The van der Waals surface area contributed by atoms with Crippen molar-refractivity contribution in [2.24, 2.45) is 23.7 Å². The molecule has 5 atom stereocenters. The monoisotopic (exact) mass is 352 g/mol. The van der Waals surface area contributed by atoms with Gasteiger partial charge in [-0.1, -0.05) is 31.2 Å². The molecule has 1 nitrogen and oxygen atoms in total. The summed E-state index contributed by atoms with van der Waals surface area (Å²) < 4.78 is 5.96. The number of fused-ring (bicyclic) bond motifs is 2. The zero-order chi connectivity index (χ0) is 17.9. The van der Waals surface area contributed by atoms with E-state index in [2.05, 4.69) is 31.7 Å². The summed E-state index contributed by atoms with van der Waals surface area (Å²) in [6, 6.07) is 7.28. The molecule has 1 heteroatoms. The number of benzene rings is 1. The van der Waals surface area contributed by atoms with E-state index in [1.165, 1.54) is 69.8 Å². The van der Waals surface area contributed by atoms with E-state index < -0.39 is 0 Å². The number of ether oxygens (including phenoxy) is 1. The second kappa shape index (κ2) is 8.30. The molecule has 0 bridgehead atoms. The Bertz CT molecular complexity index is 619. The molecular weight excluding hydrogens is 316 g/mol. The summed E-state index contributed by atoms with van der Waals surface area (Å²) in [5.41, 5.74) is 4.81. The molecule has 0 amide bonds. The van der Waals surface area contributed by atoms with E-state index in [0.29, 0.717) is 6.10 Å². The van der Waals surface area contributed by atoms with Crippen LogP contribution >= 0.6 is 0 Å². The van der Waals surface area contributed by atoms with Gasteiger partial charge in [-0.15, -0.1) is 6.58 Å². The molecule has 1 aromatic rings. The lowest BCUT2D eigenvalue weighted by molar-refractivity contribution is -0.0137. The average Bonchev–Trinajstić information content (AvgIpc) is 2.70. The molecule has 142 valence electrons. The fourth-order valence-corrected chi connectivity index (χ4v) is 6.12. The summed E-state index contributed by atoms with van der Waals surface area (Å²) >= 11 is 0. The van der Waals surface area contributed by atoms with Gasteiger partial charge in [0.2, 0.25) is 0 Å². The van der Waals surface area contributed by atoms with Crippen molar-refractivity contribution in [2.45, 2.75) is 77.2 Å². The maximum atomic E-state index is 5.96. The Morgan fingerprint density at radius 2 is 1.73 bits per heavy atom. The molecule has 3 aliphatic carbocycles. The summed E-state index contributed by atoms with van der Waals surface area (Å²) in [4.78, 5) is 0. The van der Waals surface area contributed by atoms with Gasteiger partial charge in [-0.25, -0.2) is 0 Å². The first kappa shape index (κ1) is 18.3. The lowest BCUT2D eigenvalue weighted by atomic mass is 9.62. The average molecular weight is 353 g/mol. The number of hydrogen-bond acceptors (Lipinski definition) is 1. The third kappa shape index (κ3) is 3.93. The summed E-state index contributed by atoms with van der Waals surface area (Å²) in [7, 11) is 0. The molecule has 0 aliphatic heterocycles. The first-order valence-corrected chi connectivity index (χ1v) is 11.1. The highest BCUT2D eigenvalue weighted by molar-refractivity contribution is 5.34. The highest BCUT2D eigenvalue weighted by atomic mass is 16.5. The minimum Gasteiger partial charge on any atom is -0.374 e. The molecule has 3 aliphatic rings. The zero-order valence-corrected chi connectivity index (χ0v) is 16.6. The standard InChI is InChI=1S/C25H36O/c1-3-13-26-25-12-11-23-16-22(9-10-24(23)17-25)21-8-7-19-14-18(4-2)5-6-20(19)15-21/h3,5-6,14,21-25H,1,4,7-13,15-17H2,2H3/t21?,22?,23-,24?,25-/m1/s1. The van der Waals surface area contributed by atoms with Gasteiger partial charge in [0, 0.05) is 0 Å². The van der Waals surface area contributed by atoms with E-state index in [1.54, 1.807) is 11.1 Å². The molecule has 0 spiro atoms. The zero-order valence-electron chi connectivity index (χ0n) is 16.6. The molecule has 1 aromatic carbocycles. The van der Waals surface area contributed by atoms with Crippen LogP contribution in [0.15, 0.2) is 30.9 Å². The van der Waals surface area contributed by atoms with Gasteiger partial charge in [0.05, 0.1) is 12.7 Å². The van der Waals surface area contributed by atoms with Gasteiger partial charge in [0.15, 0.2) is 0 Å². The maximum absolute atomic E-state index is 5.96. The SMILES string of the molecule is C=CCO[C@@H]1CC[C@@H]2CC(C3CCc4cc(CC)ccc4C3)CCC2C1. The molecule has 2 fully saturated rings. The van der Waals surface area contributed by atoms with Gasteiger partial charge in [-0.3, -0.25) is 0 Å². The third-order valence-corrected chi connectivity index (χ3v) is 7.67. The van der Waals surface area contributed by atoms with Gasteiger partial charge in [-0.05, 0) is 105 Å². The van der Waals surface area contributed by atoms with Crippen LogP contribution in [-0.4, -0.2) is 12.7 Å². The summed E-state index contributed by atoms with van der Waals surface area (Å²) in [6.45, 7) is 6.78. The molecule has 0 N–H and O–H groups in total. The van der Waals surface area contributed by atoms with Crippen LogP contribution < -0.4 is 0 Å². The first-order valence-electron chi connectivity index (χ1n) is 11.1. The number of rotatable bonds is 5. The smallest absolute Gasteiger partial charge is 0.0648 e. The van der Waals surface area contributed by atoms with Crippen LogP contribution in [0.2, 0.25) is 0 Å². The van der Waals surface area contributed by atoms with Crippen LogP contribution in [0.25, 0.3) is 0 Å². The predicted molar refractivity (Wildman–Crippen MR) is 109 cm³/mol. The van der Waals surface area contributed by atoms with E-state index in [9.17, 15) is 0 Å². The molecule has 0 heterocycles. The number of aryl methyl sites for hydroxylation is 2. The van der Waals surface area contributed by atoms with Crippen molar-refractivity contribution in [2.75, 3.05) is 6.61 Å². The van der Waals surface area contributed by atoms with Crippen molar-refractivity contribution in [3.05, 3.63) is 47.5 Å². The molecule has 0 saturated heterocycles. The molecular formula is C25H36O. The molecule has 2 saturated carbocycles. The van der Waals surface area contributed by atoms with Crippen molar-refractivity contribution < 1.29 is 4.74 Å². The van der Waals surface area contributed by atoms with Gasteiger partial charge < -0.3 is 4.74 Å². The largest absolute Gasteiger partial charge is 0.374 e. The van der Waals surface area contributed by atoms with Crippen LogP contribution in [0.4, 0.5) is 0 Å². The second-order valence-electron chi connectivity index (χ2n) is 9.11. The summed E-state index contributed by atoms with van der Waals surface area (Å²) in [6.07, 6.45) is 16.0. The minimum absolute atomic E-state index is 0.500. The van der Waals surface area contributed by atoms with Gasteiger partial charge in [0.25, 0.3) is 0 Å². The molecule has 0 aromatic heterocycles. The quantitative estimate of drug-likeness (QED) is 0.578. The highest BCUT2D eigenvalue weighted by Gasteiger charge is 2.38. The van der Waals surface area contributed by atoms with E-state index >= 15 is 0 Å². The fourth-order valence-electron chi connectivity index (χ4n) is 6.12. The van der Waals surface area contributed by atoms with Crippen LogP contribution in [-0.2, 0) is 24.0 Å². The Hall–Kier alpha value is -1.08. The van der Waals surface area contributed by atoms with Crippen LogP contribution in [0.1, 0.15) is 68.6 Å². The fraction of sp³-hybridized carbons (Fsp3) is 0.680. The van der Waals surface area contributed by atoms with Crippen molar-refractivity contribution in [3.8, 4) is 0 Å². The third-order valence-electron chi connectivity index (χ3n) is 7.67. The van der Waals surface area contributed by atoms with Crippen LogP contribution in [0.5, 0.6) is 0 Å². The molecule has 3 unspecified atom stereocenters. The molecule has 0 radical (unpaired) electrons. The Balaban J connectivity index is 1.34. The summed E-state index contributed by atoms with van der Waals surface area (Å²) in [5, 5.41) is 0. The van der Waals surface area contributed by atoms with Crippen molar-refractivity contribution in [3.63, 3.8) is 0 Å². The second-order valence-corrected chi connectivity index (χ2v) is 9.11. The van der Waals surface area contributed by atoms with Crippen molar-refractivity contribution in [1.29, 1.82) is 0 Å². The molecule has 26 heavy (non-hydrogen) atoms. The van der Waals surface area contributed by atoms with Gasteiger partial charge >= 0.3 is 0 Å². The normalized spacial score (nSPS) is 34.0. The maximum Gasteiger partial charge on any atom is 0.0648 e. The van der Waals surface area contributed by atoms with E-state index in [4.69, 9.17) is 4.74 Å². The Kier molecular flexibility index (Phi) is 5.84. The lowest BCUT2D eigenvalue weighted by Crippen LogP contribution is -2.37. The highest BCUT2D eigenvalue weighted by Crippen LogP contribution is 2.47. The van der Waals surface area contributed by atoms with Gasteiger partial charge in [-0.2, -0.15) is 0 Å². The van der Waals surface area contributed by atoms with Crippen LogP contribution in [0, 0.1) is 23.7 Å². The first-order chi connectivity index (χ1) is 12.8. The predicted octanol–water partition coefficient (Wildman–Crippen LogP) is 6.14. The minimum atomic E-state index is 0.500. The lowest BCUT2D eigenvalue weighted by Gasteiger charge is -2.44. The number of hydrogen-bond donors (Lipinski definition) is 0. The summed E-state index contributed by atoms with van der Waals surface area (Å²) in [5.74, 6) is 3.81. The van der Waals surface area contributed by atoms with E-state index in [1.807, 2.05) is 6.08 Å². The Morgan fingerprint density at radius 3 is 2.54 bits per heavy atom. The molecule has 4 rings (SSSR count). The van der Waals surface area contributed by atoms with Crippen molar-refractivity contribution in [1.82, 2.24) is 0 Å². The van der Waals surface area contributed by atoms with E-state index in [-0.39, 0.29) is 0 Å². The van der Waals surface area contributed by atoms with Crippen molar-refractivity contribution >= 4 is 0 Å². The Morgan fingerprint density at radius 1 is 0.962 bits per heavy atom. The van der Waals surface area contributed by atoms with Crippen LogP contribution in [0.3, 0.4) is 0 Å². The Labute approximate surface area is 160 Å². The van der Waals surface area contributed by atoms with Gasteiger partial charge in [0.1, 0.15) is 0 Å².